The first-order valence-corrected chi connectivity index (χ1v) is 10.7. The zero-order chi connectivity index (χ0) is 26.8. The van der Waals surface area contributed by atoms with Crippen molar-refractivity contribution < 1.29 is 52.3 Å². The van der Waals surface area contributed by atoms with Crippen molar-refractivity contribution in [3.8, 4) is 11.5 Å². The third-order valence-electron chi connectivity index (χ3n) is 4.35. The number of benzene rings is 1. The van der Waals surface area contributed by atoms with E-state index in [0.29, 0.717) is 5.56 Å². The SMILES string of the molecule is COC(=O)Oc1ccc(C[C@H](N)C(=O)O[C@@H](C)[C@H](C)OC(=O)OCC(C)(C)C)cc1OC(=O)OC. The van der Waals surface area contributed by atoms with E-state index in [-0.39, 0.29) is 29.9 Å². The lowest BCUT2D eigenvalue weighted by Gasteiger charge is -2.23. The van der Waals surface area contributed by atoms with Crippen LogP contribution >= 0.6 is 0 Å². The van der Waals surface area contributed by atoms with Gasteiger partial charge in [0.15, 0.2) is 11.5 Å². The zero-order valence-electron chi connectivity index (χ0n) is 20.9. The average molecular weight is 500 g/mol. The Morgan fingerprint density at radius 1 is 0.857 bits per heavy atom. The number of ether oxygens (including phenoxy) is 7. The minimum absolute atomic E-state index is 0.00947. The van der Waals surface area contributed by atoms with E-state index >= 15 is 0 Å². The lowest BCUT2D eigenvalue weighted by molar-refractivity contribution is -0.155. The summed E-state index contributed by atoms with van der Waals surface area (Å²) >= 11 is 0. The average Bonchev–Trinajstić information content (AvgIpc) is 2.78. The normalized spacial score (nSPS) is 13.5. The van der Waals surface area contributed by atoms with Crippen molar-refractivity contribution in [3.05, 3.63) is 23.8 Å². The van der Waals surface area contributed by atoms with Crippen LogP contribution in [-0.4, -0.2) is 63.5 Å². The molecule has 2 N–H and O–H groups in total. The summed E-state index contributed by atoms with van der Waals surface area (Å²) in [6.07, 6.45) is -4.54. The number of rotatable bonds is 9. The van der Waals surface area contributed by atoms with Gasteiger partial charge in [0.2, 0.25) is 0 Å². The maximum atomic E-state index is 12.5. The molecule has 3 atom stereocenters. The molecule has 0 radical (unpaired) electrons. The first-order valence-electron chi connectivity index (χ1n) is 10.7. The monoisotopic (exact) mass is 499 g/mol. The smallest absolute Gasteiger partial charge is 0.458 e. The van der Waals surface area contributed by atoms with Gasteiger partial charge in [-0.25, -0.2) is 14.4 Å². The van der Waals surface area contributed by atoms with Crippen LogP contribution in [0.15, 0.2) is 18.2 Å². The number of carbonyl (C=O) groups is 4. The molecule has 12 heteroatoms. The van der Waals surface area contributed by atoms with E-state index in [4.69, 9.17) is 29.4 Å². The molecule has 0 heterocycles. The van der Waals surface area contributed by atoms with Crippen LogP contribution < -0.4 is 15.2 Å². The summed E-state index contributed by atoms with van der Waals surface area (Å²) in [7, 11) is 2.22. The largest absolute Gasteiger partial charge is 0.513 e. The third kappa shape index (κ3) is 11.0. The van der Waals surface area contributed by atoms with Crippen LogP contribution in [0, 0.1) is 5.41 Å². The predicted molar refractivity (Wildman–Crippen MR) is 121 cm³/mol. The number of nitrogens with two attached hydrogens (primary N) is 1. The molecule has 196 valence electrons. The second-order valence-electron chi connectivity index (χ2n) is 8.77. The van der Waals surface area contributed by atoms with Gasteiger partial charge in [-0.3, -0.25) is 4.79 Å². The number of esters is 1. The molecular formula is C23H33NO11. The van der Waals surface area contributed by atoms with Crippen molar-refractivity contribution in [1.82, 2.24) is 0 Å². The summed E-state index contributed by atoms with van der Waals surface area (Å²) in [5, 5.41) is 0. The highest BCUT2D eigenvalue weighted by Crippen LogP contribution is 2.30. The molecule has 0 aliphatic rings. The fourth-order valence-corrected chi connectivity index (χ4v) is 2.37. The minimum atomic E-state index is -1.10. The van der Waals surface area contributed by atoms with Crippen molar-refractivity contribution in [2.45, 2.75) is 59.3 Å². The number of hydrogen-bond acceptors (Lipinski definition) is 12. The molecule has 0 fully saturated rings. The van der Waals surface area contributed by atoms with Gasteiger partial charge in [-0.2, -0.15) is 0 Å². The summed E-state index contributed by atoms with van der Waals surface area (Å²) in [4.78, 5) is 47.2. The molecule has 1 rings (SSSR count). The van der Waals surface area contributed by atoms with E-state index in [1.807, 2.05) is 20.8 Å². The summed E-state index contributed by atoms with van der Waals surface area (Å²) in [5.74, 6) is -1.01. The highest BCUT2D eigenvalue weighted by Gasteiger charge is 2.26. The quantitative estimate of drug-likeness (QED) is 0.300. The Bertz CT molecular complexity index is 894. The molecule has 0 unspecified atom stereocenters. The lowest BCUT2D eigenvalue weighted by atomic mass is 9.99. The molecule has 0 aliphatic heterocycles. The van der Waals surface area contributed by atoms with Gasteiger partial charge in [0, 0.05) is 0 Å². The van der Waals surface area contributed by atoms with Crippen molar-refractivity contribution in [1.29, 1.82) is 0 Å². The van der Waals surface area contributed by atoms with E-state index in [0.717, 1.165) is 14.2 Å². The fourth-order valence-electron chi connectivity index (χ4n) is 2.37. The predicted octanol–water partition coefficient (Wildman–Crippen LogP) is 3.37. The summed E-state index contributed by atoms with van der Waals surface area (Å²) in [6, 6.07) is 3.10. The van der Waals surface area contributed by atoms with E-state index in [1.165, 1.54) is 18.2 Å². The molecule has 35 heavy (non-hydrogen) atoms. The van der Waals surface area contributed by atoms with Crippen LogP contribution in [0.1, 0.15) is 40.2 Å². The number of methoxy groups -OCH3 is 2. The topological polar surface area (TPSA) is 159 Å². The van der Waals surface area contributed by atoms with Gasteiger partial charge in [-0.1, -0.05) is 26.8 Å². The Morgan fingerprint density at radius 2 is 1.40 bits per heavy atom. The molecule has 0 aromatic heterocycles. The molecule has 1 aromatic carbocycles. The molecular weight excluding hydrogens is 466 g/mol. The molecule has 1 aromatic rings. The standard InChI is InChI=1S/C23H33NO11/c1-13(14(2)33-22(28)31-12-23(3,4)5)32-19(25)16(24)10-15-8-9-17(34-20(26)29-6)18(11-15)35-21(27)30-7/h8-9,11,13-14,16H,10,12,24H2,1-7H3/t13-,14-,16-/m0/s1. The first kappa shape index (κ1) is 29.5. The summed E-state index contributed by atoms with van der Waals surface area (Å²) < 4.78 is 34.3. The second kappa shape index (κ2) is 13.4. The molecule has 0 bridgehead atoms. The number of hydrogen-bond donors (Lipinski definition) is 1. The molecule has 0 saturated heterocycles. The Hall–Kier alpha value is -3.54. The van der Waals surface area contributed by atoms with Crippen LogP contribution in [0.3, 0.4) is 0 Å². The van der Waals surface area contributed by atoms with Crippen LogP contribution in [0.25, 0.3) is 0 Å². The van der Waals surface area contributed by atoms with Crippen molar-refractivity contribution in [2.75, 3.05) is 20.8 Å². The van der Waals surface area contributed by atoms with Gasteiger partial charge in [-0.15, -0.1) is 0 Å². The maximum absolute atomic E-state index is 12.5. The Kier molecular flexibility index (Phi) is 11.3. The van der Waals surface area contributed by atoms with Crippen molar-refractivity contribution in [3.63, 3.8) is 0 Å². The van der Waals surface area contributed by atoms with Crippen LogP contribution in [-0.2, 0) is 34.9 Å². The molecule has 0 amide bonds. The molecule has 0 saturated carbocycles. The van der Waals surface area contributed by atoms with Gasteiger partial charge in [0.05, 0.1) is 20.8 Å². The van der Waals surface area contributed by atoms with Gasteiger partial charge in [0.25, 0.3) is 0 Å². The van der Waals surface area contributed by atoms with Gasteiger partial charge in [0.1, 0.15) is 18.2 Å². The van der Waals surface area contributed by atoms with E-state index < -0.39 is 42.7 Å². The lowest BCUT2D eigenvalue weighted by Crippen LogP contribution is -2.39. The highest BCUT2D eigenvalue weighted by molar-refractivity contribution is 5.76. The Labute approximate surface area is 203 Å². The van der Waals surface area contributed by atoms with Crippen LogP contribution in [0.4, 0.5) is 14.4 Å². The molecule has 0 spiro atoms. The maximum Gasteiger partial charge on any atom is 0.513 e. The van der Waals surface area contributed by atoms with Crippen LogP contribution in [0.5, 0.6) is 11.5 Å². The van der Waals surface area contributed by atoms with Gasteiger partial charge in [-0.05, 0) is 43.4 Å². The second-order valence-corrected chi connectivity index (χ2v) is 8.77. The van der Waals surface area contributed by atoms with Crippen LogP contribution in [0.2, 0.25) is 0 Å². The van der Waals surface area contributed by atoms with E-state index in [2.05, 4.69) is 9.47 Å². The van der Waals surface area contributed by atoms with Gasteiger partial charge < -0.3 is 38.9 Å². The third-order valence-corrected chi connectivity index (χ3v) is 4.35. The molecule has 12 nitrogen and oxygen atoms in total. The van der Waals surface area contributed by atoms with Crippen molar-refractivity contribution in [2.24, 2.45) is 11.1 Å². The van der Waals surface area contributed by atoms with Gasteiger partial charge >= 0.3 is 24.4 Å². The first-order chi connectivity index (χ1) is 16.2. The summed E-state index contributed by atoms with van der Waals surface area (Å²) in [6.45, 7) is 8.98. The Balaban J connectivity index is 2.76. The van der Waals surface area contributed by atoms with E-state index in [9.17, 15) is 19.2 Å². The summed E-state index contributed by atoms with van der Waals surface area (Å²) in [5.41, 5.74) is 6.21. The minimum Gasteiger partial charge on any atom is -0.458 e. The fraction of sp³-hybridized carbons (Fsp3) is 0.565. The Morgan fingerprint density at radius 3 is 1.94 bits per heavy atom. The number of carbonyl (C=O) groups excluding carboxylic acids is 4. The molecule has 0 aliphatic carbocycles. The van der Waals surface area contributed by atoms with E-state index in [1.54, 1.807) is 13.8 Å². The highest BCUT2D eigenvalue weighted by atomic mass is 16.7. The zero-order valence-corrected chi connectivity index (χ0v) is 20.9. The van der Waals surface area contributed by atoms with Crippen molar-refractivity contribution >= 4 is 24.4 Å².